The molecule has 0 aromatic heterocycles. The minimum Gasteiger partial charge on any atom is -0.465 e. The van der Waals surface area contributed by atoms with Crippen molar-refractivity contribution >= 4 is 69.3 Å². The second-order valence-corrected chi connectivity index (χ2v) is 7.12. The normalized spacial score (nSPS) is 10.7. The van der Waals surface area contributed by atoms with Crippen LogP contribution in [0.4, 0.5) is 0 Å². The van der Waals surface area contributed by atoms with Crippen LogP contribution < -0.4 is 0 Å². The van der Waals surface area contributed by atoms with Gasteiger partial charge in [-0.05, 0) is 80.6 Å². The van der Waals surface area contributed by atoms with Crippen molar-refractivity contribution < 1.29 is 19.1 Å². The lowest BCUT2D eigenvalue weighted by atomic mass is 10.1. The summed E-state index contributed by atoms with van der Waals surface area (Å²) in [6, 6.07) is 11.1. The number of ether oxygens (including phenoxy) is 2. The van der Waals surface area contributed by atoms with Crippen LogP contribution in [0, 0.1) is 7.14 Å². The smallest absolute Gasteiger partial charge is 0.338 e. The lowest BCUT2D eigenvalue weighted by Gasteiger charge is -2.05. The Labute approximate surface area is 167 Å². The first-order chi connectivity index (χ1) is 11.5. The Morgan fingerprint density at radius 3 is 1.50 bits per heavy atom. The van der Waals surface area contributed by atoms with Gasteiger partial charge in [0.05, 0.1) is 25.3 Å². The molecule has 2 aromatic carbocycles. The minimum atomic E-state index is -0.364. The summed E-state index contributed by atoms with van der Waals surface area (Å²) in [6.07, 6.45) is 3.76. The molecule has 6 heteroatoms. The number of carbonyl (C=O) groups is 2. The quantitative estimate of drug-likeness (QED) is 0.318. The maximum absolute atomic E-state index is 11.7. The molecule has 0 amide bonds. The van der Waals surface area contributed by atoms with Crippen LogP contribution in [0.3, 0.4) is 0 Å². The highest BCUT2D eigenvalue weighted by atomic mass is 127. The third kappa shape index (κ3) is 4.56. The van der Waals surface area contributed by atoms with E-state index in [4.69, 9.17) is 9.47 Å². The number of esters is 2. The lowest BCUT2D eigenvalue weighted by Crippen LogP contribution is -2.04. The van der Waals surface area contributed by atoms with E-state index < -0.39 is 0 Å². The van der Waals surface area contributed by atoms with Crippen molar-refractivity contribution in [2.24, 2.45) is 0 Å². The Morgan fingerprint density at radius 1 is 0.792 bits per heavy atom. The first-order valence-electron chi connectivity index (χ1n) is 6.90. The van der Waals surface area contributed by atoms with Gasteiger partial charge in [-0.2, -0.15) is 0 Å². The average molecular weight is 548 g/mol. The van der Waals surface area contributed by atoms with E-state index in [0.29, 0.717) is 11.1 Å². The molecule has 0 N–H and O–H groups in total. The van der Waals surface area contributed by atoms with Gasteiger partial charge in [-0.15, -0.1) is 0 Å². The average Bonchev–Trinajstić information content (AvgIpc) is 2.60. The van der Waals surface area contributed by atoms with Gasteiger partial charge < -0.3 is 9.47 Å². The molecular weight excluding hydrogens is 534 g/mol. The Morgan fingerprint density at radius 2 is 1.17 bits per heavy atom. The second kappa shape index (κ2) is 8.61. The molecule has 0 saturated heterocycles. The largest absolute Gasteiger partial charge is 0.465 e. The molecule has 0 heterocycles. The summed E-state index contributed by atoms with van der Waals surface area (Å²) in [5.41, 5.74) is 2.79. The predicted octanol–water partition coefficient (Wildman–Crippen LogP) is 4.64. The molecular formula is C18H14I2O4. The van der Waals surface area contributed by atoms with E-state index in [-0.39, 0.29) is 11.9 Å². The Balaban J connectivity index is 2.31. The van der Waals surface area contributed by atoms with Gasteiger partial charge in [0.2, 0.25) is 0 Å². The van der Waals surface area contributed by atoms with E-state index >= 15 is 0 Å². The van der Waals surface area contributed by atoms with Crippen molar-refractivity contribution in [1.82, 2.24) is 0 Å². The number of hydrogen-bond donors (Lipinski definition) is 0. The number of methoxy groups -OCH3 is 2. The summed E-state index contributed by atoms with van der Waals surface area (Å²) < 4.78 is 11.2. The molecule has 0 aliphatic heterocycles. The minimum absolute atomic E-state index is 0.364. The fourth-order valence-corrected chi connectivity index (χ4v) is 3.13. The van der Waals surface area contributed by atoms with E-state index in [1.54, 1.807) is 12.1 Å². The van der Waals surface area contributed by atoms with Gasteiger partial charge >= 0.3 is 11.9 Å². The number of benzene rings is 2. The first kappa shape index (κ1) is 18.9. The monoisotopic (exact) mass is 548 g/mol. The van der Waals surface area contributed by atoms with Crippen LogP contribution in [0.15, 0.2) is 36.4 Å². The second-order valence-electron chi connectivity index (χ2n) is 4.80. The van der Waals surface area contributed by atoms with Gasteiger partial charge in [0, 0.05) is 7.14 Å². The maximum Gasteiger partial charge on any atom is 0.338 e. The van der Waals surface area contributed by atoms with Gasteiger partial charge in [-0.25, -0.2) is 9.59 Å². The molecule has 0 aliphatic rings. The Bertz CT molecular complexity index is 745. The predicted molar refractivity (Wildman–Crippen MR) is 110 cm³/mol. The SMILES string of the molecule is COC(=O)c1cc(/C=C/c2ccc(I)c(C(=O)OC)c2)ccc1I. The summed E-state index contributed by atoms with van der Waals surface area (Å²) in [4.78, 5) is 23.5. The fraction of sp³-hybridized carbons (Fsp3) is 0.111. The fourth-order valence-electron chi connectivity index (χ4n) is 2.02. The van der Waals surface area contributed by atoms with Crippen LogP contribution >= 0.6 is 45.2 Å². The van der Waals surface area contributed by atoms with Crippen molar-refractivity contribution in [2.75, 3.05) is 14.2 Å². The van der Waals surface area contributed by atoms with E-state index in [0.717, 1.165) is 18.3 Å². The Kier molecular flexibility index (Phi) is 6.79. The topological polar surface area (TPSA) is 52.6 Å². The maximum atomic E-state index is 11.7. The summed E-state index contributed by atoms with van der Waals surface area (Å²) in [7, 11) is 2.72. The summed E-state index contributed by atoms with van der Waals surface area (Å²) in [6.45, 7) is 0. The molecule has 0 fully saturated rings. The van der Waals surface area contributed by atoms with Crippen LogP contribution in [0.1, 0.15) is 31.8 Å². The molecule has 4 nitrogen and oxygen atoms in total. The molecule has 0 unspecified atom stereocenters. The van der Waals surface area contributed by atoms with Crippen LogP contribution in [0.25, 0.3) is 12.2 Å². The van der Waals surface area contributed by atoms with Crippen molar-refractivity contribution in [2.45, 2.75) is 0 Å². The van der Waals surface area contributed by atoms with Gasteiger partial charge in [0.15, 0.2) is 0 Å². The zero-order chi connectivity index (χ0) is 17.7. The molecule has 2 rings (SSSR count). The summed E-state index contributed by atoms with van der Waals surface area (Å²) >= 11 is 4.20. The van der Waals surface area contributed by atoms with Gasteiger partial charge in [0.25, 0.3) is 0 Å². The number of carbonyl (C=O) groups excluding carboxylic acids is 2. The van der Waals surface area contributed by atoms with Crippen LogP contribution in [0.2, 0.25) is 0 Å². The van der Waals surface area contributed by atoms with Gasteiger partial charge in [0.1, 0.15) is 0 Å². The zero-order valence-electron chi connectivity index (χ0n) is 13.0. The molecule has 0 aliphatic carbocycles. The van der Waals surface area contributed by atoms with Crippen molar-refractivity contribution in [3.8, 4) is 0 Å². The molecule has 0 bridgehead atoms. The highest BCUT2D eigenvalue weighted by Gasteiger charge is 2.11. The highest BCUT2D eigenvalue weighted by molar-refractivity contribution is 14.1. The van der Waals surface area contributed by atoms with Crippen molar-refractivity contribution in [3.63, 3.8) is 0 Å². The molecule has 0 atom stereocenters. The molecule has 0 saturated carbocycles. The van der Waals surface area contributed by atoms with Crippen molar-refractivity contribution in [3.05, 3.63) is 65.8 Å². The standard InChI is InChI=1S/C18H14I2O4/c1-23-17(21)13-9-11(5-7-15(13)19)3-4-12-6-8-16(20)14(10-12)18(22)24-2/h3-10H,1-2H3/b4-3+. The number of hydrogen-bond acceptors (Lipinski definition) is 4. The summed E-state index contributed by atoms with van der Waals surface area (Å²) in [5.74, 6) is -0.728. The number of rotatable bonds is 4. The zero-order valence-corrected chi connectivity index (χ0v) is 17.3. The van der Waals surface area contributed by atoms with Crippen LogP contribution in [-0.2, 0) is 9.47 Å². The van der Waals surface area contributed by atoms with Crippen LogP contribution in [0.5, 0.6) is 0 Å². The Hall–Kier alpha value is -1.42. The van der Waals surface area contributed by atoms with E-state index in [9.17, 15) is 9.59 Å². The molecule has 2 aromatic rings. The van der Waals surface area contributed by atoms with Gasteiger partial charge in [-0.3, -0.25) is 0 Å². The van der Waals surface area contributed by atoms with Crippen LogP contribution in [-0.4, -0.2) is 26.2 Å². The lowest BCUT2D eigenvalue weighted by molar-refractivity contribution is 0.0590. The molecule has 0 spiro atoms. The third-order valence-corrected chi connectivity index (χ3v) is 5.14. The van der Waals surface area contributed by atoms with E-state index in [1.807, 2.05) is 36.4 Å². The third-order valence-electron chi connectivity index (χ3n) is 3.26. The summed E-state index contributed by atoms with van der Waals surface area (Å²) in [5, 5.41) is 0. The van der Waals surface area contributed by atoms with Gasteiger partial charge in [-0.1, -0.05) is 24.3 Å². The first-order valence-corrected chi connectivity index (χ1v) is 9.06. The number of halogens is 2. The molecule has 24 heavy (non-hydrogen) atoms. The van der Waals surface area contributed by atoms with E-state index in [1.165, 1.54) is 14.2 Å². The molecule has 0 radical (unpaired) electrons. The highest BCUT2D eigenvalue weighted by Crippen LogP contribution is 2.20. The molecule has 124 valence electrons. The van der Waals surface area contributed by atoms with E-state index in [2.05, 4.69) is 45.2 Å². The van der Waals surface area contributed by atoms with Crippen molar-refractivity contribution in [1.29, 1.82) is 0 Å².